The van der Waals surface area contributed by atoms with E-state index in [2.05, 4.69) is 24.5 Å². The smallest absolute Gasteiger partial charge is 0.315 e. The fourth-order valence-electron chi connectivity index (χ4n) is 2.85. The van der Waals surface area contributed by atoms with Crippen molar-refractivity contribution in [2.45, 2.75) is 58.4 Å². The molecule has 1 fully saturated rings. The normalized spacial score (nSPS) is 26.1. The number of hydrogen-bond acceptors (Lipinski definition) is 2. The van der Waals surface area contributed by atoms with Gasteiger partial charge in [0, 0.05) is 19.0 Å². The molecule has 0 aromatic carbocycles. The summed E-state index contributed by atoms with van der Waals surface area (Å²) >= 11 is 0. The minimum atomic E-state index is -0.783. The van der Waals surface area contributed by atoms with Gasteiger partial charge < -0.3 is 15.7 Å². The Morgan fingerprint density at radius 2 is 2.00 bits per heavy atom. The molecule has 0 aromatic heterocycles. The third kappa shape index (κ3) is 5.49. The summed E-state index contributed by atoms with van der Waals surface area (Å²) in [6.07, 6.45) is 4.91. The van der Waals surface area contributed by atoms with Crippen molar-refractivity contribution in [3.8, 4) is 0 Å². The second-order valence-corrected chi connectivity index (χ2v) is 5.46. The number of amides is 2. The molecule has 1 aliphatic rings. The van der Waals surface area contributed by atoms with Crippen LogP contribution in [0.5, 0.6) is 0 Å². The zero-order valence-corrected chi connectivity index (χ0v) is 11.9. The maximum absolute atomic E-state index is 11.7. The highest BCUT2D eigenvalue weighted by Gasteiger charge is 2.32. The number of urea groups is 1. The summed E-state index contributed by atoms with van der Waals surface area (Å²) < 4.78 is 0. The molecule has 0 heterocycles. The van der Waals surface area contributed by atoms with Gasteiger partial charge in [0.15, 0.2) is 0 Å². The summed E-state index contributed by atoms with van der Waals surface area (Å²) in [5, 5.41) is 14.3. The van der Waals surface area contributed by atoms with Gasteiger partial charge in [-0.1, -0.05) is 20.3 Å². The standard InChI is InChI=1S/C14H26N2O3/c1-3-11-7-8-12(10(11)2)16-14(19)15-9-5-4-6-13(17)18/h10-12H,3-9H2,1-2H3,(H,17,18)(H2,15,16,19). The molecule has 5 nitrogen and oxygen atoms in total. The lowest BCUT2D eigenvalue weighted by Gasteiger charge is -2.21. The van der Waals surface area contributed by atoms with Crippen molar-refractivity contribution in [2.24, 2.45) is 11.8 Å². The van der Waals surface area contributed by atoms with E-state index in [0.29, 0.717) is 25.3 Å². The Morgan fingerprint density at radius 1 is 1.26 bits per heavy atom. The highest BCUT2D eigenvalue weighted by Crippen LogP contribution is 2.33. The summed E-state index contributed by atoms with van der Waals surface area (Å²) in [4.78, 5) is 22.0. The lowest BCUT2D eigenvalue weighted by atomic mass is 9.94. The lowest BCUT2D eigenvalue weighted by molar-refractivity contribution is -0.137. The van der Waals surface area contributed by atoms with Crippen LogP contribution < -0.4 is 10.6 Å². The molecule has 3 N–H and O–H groups in total. The van der Waals surface area contributed by atoms with E-state index in [-0.39, 0.29) is 18.5 Å². The Morgan fingerprint density at radius 3 is 2.58 bits per heavy atom. The molecular formula is C14H26N2O3. The highest BCUT2D eigenvalue weighted by molar-refractivity contribution is 5.74. The van der Waals surface area contributed by atoms with Gasteiger partial charge in [-0.05, 0) is 37.5 Å². The van der Waals surface area contributed by atoms with Crippen LogP contribution in [0.1, 0.15) is 52.4 Å². The number of aliphatic carboxylic acids is 1. The van der Waals surface area contributed by atoms with E-state index < -0.39 is 5.97 Å². The van der Waals surface area contributed by atoms with Crippen LogP contribution in [0.25, 0.3) is 0 Å². The third-order valence-corrected chi connectivity index (χ3v) is 4.17. The Hall–Kier alpha value is -1.26. The van der Waals surface area contributed by atoms with Crippen molar-refractivity contribution in [2.75, 3.05) is 6.54 Å². The van der Waals surface area contributed by atoms with Gasteiger partial charge in [0.05, 0.1) is 0 Å². The van der Waals surface area contributed by atoms with Crippen molar-refractivity contribution in [1.82, 2.24) is 10.6 Å². The molecule has 19 heavy (non-hydrogen) atoms. The van der Waals surface area contributed by atoms with Crippen LogP contribution in [0.15, 0.2) is 0 Å². The molecule has 0 bridgehead atoms. The second kappa shape index (κ2) is 8.02. The van der Waals surface area contributed by atoms with E-state index in [1.54, 1.807) is 0 Å². The average Bonchev–Trinajstić information content (AvgIpc) is 2.69. The van der Waals surface area contributed by atoms with Crippen molar-refractivity contribution in [3.05, 3.63) is 0 Å². The molecule has 1 rings (SSSR count). The number of unbranched alkanes of at least 4 members (excludes halogenated alkanes) is 1. The third-order valence-electron chi connectivity index (χ3n) is 4.17. The molecule has 5 heteroatoms. The van der Waals surface area contributed by atoms with Gasteiger partial charge in [-0.2, -0.15) is 0 Å². The Labute approximate surface area is 115 Å². The Balaban J connectivity index is 2.13. The SMILES string of the molecule is CCC1CCC(NC(=O)NCCCCC(=O)O)C1C. The number of rotatable bonds is 7. The van der Waals surface area contributed by atoms with Crippen LogP contribution in [-0.4, -0.2) is 29.7 Å². The summed E-state index contributed by atoms with van der Waals surface area (Å²) in [6.45, 7) is 4.95. The first-order valence-corrected chi connectivity index (χ1v) is 7.30. The molecule has 110 valence electrons. The minimum Gasteiger partial charge on any atom is -0.481 e. The van der Waals surface area contributed by atoms with Gasteiger partial charge in [-0.25, -0.2) is 4.79 Å². The molecule has 0 aliphatic heterocycles. The first-order chi connectivity index (χ1) is 9.04. The number of carboxylic acid groups (broad SMARTS) is 1. The van der Waals surface area contributed by atoms with Gasteiger partial charge in [0.2, 0.25) is 0 Å². The van der Waals surface area contributed by atoms with E-state index in [1.165, 1.54) is 12.8 Å². The van der Waals surface area contributed by atoms with E-state index in [0.717, 1.165) is 12.3 Å². The van der Waals surface area contributed by atoms with Crippen LogP contribution in [-0.2, 0) is 4.79 Å². The molecule has 1 aliphatic carbocycles. The van der Waals surface area contributed by atoms with Gasteiger partial charge >= 0.3 is 12.0 Å². The summed E-state index contributed by atoms with van der Waals surface area (Å²) in [7, 11) is 0. The van der Waals surface area contributed by atoms with Gasteiger partial charge in [-0.15, -0.1) is 0 Å². The highest BCUT2D eigenvalue weighted by atomic mass is 16.4. The lowest BCUT2D eigenvalue weighted by Crippen LogP contribution is -2.44. The van der Waals surface area contributed by atoms with E-state index in [4.69, 9.17) is 5.11 Å². The second-order valence-electron chi connectivity index (χ2n) is 5.46. The van der Waals surface area contributed by atoms with Crippen LogP contribution >= 0.6 is 0 Å². The Bertz CT molecular complexity index is 307. The number of nitrogens with one attached hydrogen (secondary N) is 2. The predicted octanol–water partition coefficient (Wildman–Crippen LogP) is 2.37. The fraction of sp³-hybridized carbons (Fsp3) is 0.857. The monoisotopic (exact) mass is 270 g/mol. The van der Waals surface area contributed by atoms with Gasteiger partial charge in [0.1, 0.15) is 0 Å². The van der Waals surface area contributed by atoms with Crippen LogP contribution in [0.2, 0.25) is 0 Å². The van der Waals surface area contributed by atoms with Crippen LogP contribution in [0, 0.1) is 11.8 Å². The number of carbonyl (C=O) groups is 2. The largest absolute Gasteiger partial charge is 0.481 e. The first-order valence-electron chi connectivity index (χ1n) is 7.30. The summed E-state index contributed by atoms with van der Waals surface area (Å²) in [5.41, 5.74) is 0. The summed E-state index contributed by atoms with van der Waals surface area (Å²) in [6, 6.07) is 0.160. The molecule has 0 saturated heterocycles. The van der Waals surface area contributed by atoms with Gasteiger partial charge in [-0.3, -0.25) is 4.79 Å². The van der Waals surface area contributed by atoms with E-state index in [1.807, 2.05) is 0 Å². The molecule has 0 spiro atoms. The number of carbonyl (C=O) groups excluding carboxylic acids is 1. The zero-order chi connectivity index (χ0) is 14.3. The maximum atomic E-state index is 11.7. The quantitative estimate of drug-likeness (QED) is 0.621. The topological polar surface area (TPSA) is 78.4 Å². The van der Waals surface area contributed by atoms with E-state index >= 15 is 0 Å². The molecule has 2 amide bonds. The summed E-state index contributed by atoms with van der Waals surface area (Å²) in [5.74, 6) is 0.485. The van der Waals surface area contributed by atoms with Crippen molar-refractivity contribution in [1.29, 1.82) is 0 Å². The van der Waals surface area contributed by atoms with Crippen molar-refractivity contribution >= 4 is 12.0 Å². The number of hydrogen-bond donors (Lipinski definition) is 3. The molecular weight excluding hydrogens is 244 g/mol. The average molecular weight is 270 g/mol. The predicted molar refractivity (Wildman–Crippen MR) is 74.0 cm³/mol. The fourth-order valence-corrected chi connectivity index (χ4v) is 2.85. The van der Waals surface area contributed by atoms with E-state index in [9.17, 15) is 9.59 Å². The molecule has 3 atom stereocenters. The number of carboxylic acids is 1. The zero-order valence-electron chi connectivity index (χ0n) is 11.9. The molecule has 3 unspecified atom stereocenters. The van der Waals surface area contributed by atoms with Crippen LogP contribution in [0.4, 0.5) is 4.79 Å². The van der Waals surface area contributed by atoms with Crippen molar-refractivity contribution in [3.63, 3.8) is 0 Å². The van der Waals surface area contributed by atoms with Crippen molar-refractivity contribution < 1.29 is 14.7 Å². The first kappa shape index (κ1) is 15.8. The van der Waals surface area contributed by atoms with Gasteiger partial charge in [0.25, 0.3) is 0 Å². The maximum Gasteiger partial charge on any atom is 0.315 e. The molecule has 0 radical (unpaired) electrons. The minimum absolute atomic E-state index is 0.121. The molecule has 0 aromatic rings. The van der Waals surface area contributed by atoms with Crippen LogP contribution in [0.3, 0.4) is 0 Å². The Kier molecular flexibility index (Phi) is 6.67. The molecule has 1 saturated carbocycles.